The van der Waals surface area contributed by atoms with Crippen molar-refractivity contribution in [2.45, 2.75) is 13.8 Å². The fourth-order valence-corrected chi connectivity index (χ4v) is 2.04. The summed E-state index contributed by atoms with van der Waals surface area (Å²) in [4.78, 5) is 22.2. The van der Waals surface area contributed by atoms with Crippen molar-refractivity contribution in [3.05, 3.63) is 74.3 Å². The van der Waals surface area contributed by atoms with Crippen LogP contribution in [0.4, 0.5) is 5.69 Å². The van der Waals surface area contributed by atoms with Crippen LogP contribution in [0.15, 0.2) is 47.6 Å². The summed E-state index contributed by atoms with van der Waals surface area (Å²) in [5.41, 5.74) is 4.80. The van der Waals surface area contributed by atoms with E-state index in [1.54, 1.807) is 6.92 Å². The Balaban J connectivity index is 2.16. The molecule has 0 radical (unpaired) electrons. The minimum absolute atomic E-state index is 0.0223. The second-order valence-electron chi connectivity index (χ2n) is 4.93. The molecule has 7 heteroatoms. The lowest BCUT2D eigenvalue weighted by Gasteiger charge is -2.04. The number of benzene rings is 2. The van der Waals surface area contributed by atoms with E-state index in [4.69, 9.17) is 11.6 Å². The van der Waals surface area contributed by atoms with Gasteiger partial charge in [0.1, 0.15) is 5.02 Å². The van der Waals surface area contributed by atoms with E-state index in [9.17, 15) is 14.9 Å². The third-order valence-corrected chi connectivity index (χ3v) is 3.52. The second kappa shape index (κ2) is 7.02. The maximum absolute atomic E-state index is 12.0. The van der Waals surface area contributed by atoms with E-state index in [0.717, 1.165) is 17.2 Å². The van der Waals surface area contributed by atoms with Gasteiger partial charge in [0.05, 0.1) is 10.6 Å². The van der Waals surface area contributed by atoms with Crippen LogP contribution in [0.2, 0.25) is 5.02 Å². The second-order valence-corrected chi connectivity index (χ2v) is 5.33. The third kappa shape index (κ3) is 4.14. The van der Waals surface area contributed by atoms with E-state index in [-0.39, 0.29) is 16.3 Å². The summed E-state index contributed by atoms with van der Waals surface area (Å²) >= 11 is 5.72. The Morgan fingerprint density at radius 3 is 2.39 bits per heavy atom. The number of halogens is 1. The van der Waals surface area contributed by atoms with Crippen molar-refractivity contribution in [2.24, 2.45) is 5.10 Å². The first kappa shape index (κ1) is 16.6. The Morgan fingerprint density at radius 2 is 1.78 bits per heavy atom. The van der Waals surface area contributed by atoms with Gasteiger partial charge in [-0.05, 0) is 31.5 Å². The van der Waals surface area contributed by atoms with Crippen LogP contribution >= 0.6 is 11.6 Å². The predicted molar refractivity (Wildman–Crippen MR) is 89.0 cm³/mol. The van der Waals surface area contributed by atoms with Crippen molar-refractivity contribution < 1.29 is 9.72 Å². The Hall–Kier alpha value is -2.73. The summed E-state index contributed by atoms with van der Waals surface area (Å²) in [6, 6.07) is 11.5. The largest absolute Gasteiger partial charge is 0.288 e. The minimum Gasteiger partial charge on any atom is -0.267 e. The molecule has 23 heavy (non-hydrogen) atoms. The molecular formula is C16H14ClN3O3. The molecule has 2 rings (SSSR count). The number of amides is 1. The summed E-state index contributed by atoms with van der Waals surface area (Å²) < 4.78 is 0. The summed E-state index contributed by atoms with van der Waals surface area (Å²) in [5, 5.41) is 14.8. The Kier molecular flexibility index (Phi) is 5.08. The van der Waals surface area contributed by atoms with Gasteiger partial charge < -0.3 is 0 Å². The van der Waals surface area contributed by atoms with Gasteiger partial charge in [0, 0.05) is 11.6 Å². The van der Waals surface area contributed by atoms with Crippen LogP contribution in [0, 0.1) is 17.0 Å². The van der Waals surface area contributed by atoms with Gasteiger partial charge in [-0.3, -0.25) is 14.9 Å². The summed E-state index contributed by atoms with van der Waals surface area (Å²) in [6.45, 7) is 3.74. The fourth-order valence-electron chi connectivity index (χ4n) is 1.85. The van der Waals surface area contributed by atoms with Crippen LogP contribution in [0.1, 0.15) is 28.4 Å². The molecule has 0 aliphatic carbocycles. The number of carbonyl (C=O) groups is 1. The molecule has 0 unspecified atom stereocenters. The first-order valence-electron chi connectivity index (χ1n) is 6.74. The molecular weight excluding hydrogens is 318 g/mol. The first-order valence-corrected chi connectivity index (χ1v) is 7.12. The molecule has 0 bridgehead atoms. The lowest BCUT2D eigenvalue weighted by Crippen LogP contribution is -2.19. The molecule has 1 amide bonds. The monoisotopic (exact) mass is 331 g/mol. The molecule has 0 aromatic heterocycles. The van der Waals surface area contributed by atoms with Crippen LogP contribution < -0.4 is 5.43 Å². The first-order chi connectivity index (χ1) is 10.9. The van der Waals surface area contributed by atoms with Crippen molar-refractivity contribution in [2.75, 3.05) is 0 Å². The van der Waals surface area contributed by atoms with Gasteiger partial charge in [-0.25, -0.2) is 5.43 Å². The normalized spacial score (nSPS) is 11.2. The Bertz CT molecular complexity index is 786. The van der Waals surface area contributed by atoms with Gasteiger partial charge in [-0.2, -0.15) is 5.10 Å². The van der Waals surface area contributed by atoms with Crippen molar-refractivity contribution in [1.82, 2.24) is 5.43 Å². The molecule has 0 aliphatic rings. The van der Waals surface area contributed by atoms with Gasteiger partial charge in [0.15, 0.2) is 0 Å². The lowest BCUT2D eigenvalue weighted by molar-refractivity contribution is -0.384. The number of hydrogen-bond donors (Lipinski definition) is 1. The number of carbonyl (C=O) groups excluding carboxylic acids is 1. The van der Waals surface area contributed by atoms with Crippen molar-refractivity contribution in [3.8, 4) is 0 Å². The zero-order chi connectivity index (χ0) is 17.0. The molecule has 0 fully saturated rings. The topological polar surface area (TPSA) is 84.6 Å². The Morgan fingerprint density at radius 1 is 1.17 bits per heavy atom. The van der Waals surface area contributed by atoms with Crippen LogP contribution in [-0.4, -0.2) is 16.5 Å². The maximum Gasteiger partial charge on any atom is 0.288 e. The third-order valence-electron chi connectivity index (χ3n) is 3.20. The number of aryl methyl sites for hydroxylation is 1. The smallest absolute Gasteiger partial charge is 0.267 e. The number of nitrogens with one attached hydrogen (secondary N) is 1. The number of nitro groups is 1. The van der Waals surface area contributed by atoms with Gasteiger partial charge in [-0.15, -0.1) is 0 Å². The summed E-state index contributed by atoms with van der Waals surface area (Å²) in [5.74, 6) is -0.545. The highest BCUT2D eigenvalue weighted by Crippen LogP contribution is 2.24. The molecule has 2 aromatic carbocycles. The molecule has 0 atom stereocenters. The zero-order valence-corrected chi connectivity index (χ0v) is 13.3. The van der Waals surface area contributed by atoms with Crippen LogP contribution in [0.5, 0.6) is 0 Å². The molecule has 2 aromatic rings. The molecule has 0 spiro atoms. The van der Waals surface area contributed by atoms with E-state index in [1.807, 2.05) is 31.2 Å². The minimum atomic E-state index is -0.639. The molecule has 6 nitrogen and oxygen atoms in total. The highest BCUT2D eigenvalue weighted by molar-refractivity contribution is 6.32. The Labute approximate surface area is 137 Å². The van der Waals surface area contributed by atoms with Gasteiger partial charge in [-0.1, -0.05) is 41.4 Å². The average molecular weight is 332 g/mol. The van der Waals surface area contributed by atoms with E-state index >= 15 is 0 Å². The van der Waals surface area contributed by atoms with E-state index < -0.39 is 10.8 Å². The van der Waals surface area contributed by atoms with E-state index in [1.165, 1.54) is 12.1 Å². The van der Waals surface area contributed by atoms with Crippen LogP contribution in [0.3, 0.4) is 0 Å². The van der Waals surface area contributed by atoms with Crippen molar-refractivity contribution >= 4 is 28.9 Å². The van der Waals surface area contributed by atoms with E-state index in [0.29, 0.717) is 5.71 Å². The SMILES string of the molecule is CC(=NNC(=O)c1ccc(Cl)c([N+](=O)[O-])c1)c1ccc(C)cc1. The van der Waals surface area contributed by atoms with Crippen molar-refractivity contribution in [3.63, 3.8) is 0 Å². The zero-order valence-electron chi connectivity index (χ0n) is 12.5. The van der Waals surface area contributed by atoms with E-state index in [2.05, 4.69) is 10.5 Å². The van der Waals surface area contributed by atoms with Gasteiger partial charge in [0.2, 0.25) is 0 Å². The van der Waals surface area contributed by atoms with Crippen LogP contribution in [-0.2, 0) is 0 Å². The number of nitrogens with zero attached hydrogens (tertiary/aromatic N) is 2. The fraction of sp³-hybridized carbons (Fsp3) is 0.125. The molecule has 0 saturated heterocycles. The lowest BCUT2D eigenvalue weighted by atomic mass is 10.1. The highest BCUT2D eigenvalue weighted by atomic mass is 35.5. The summed E-state index contributed by atoms with van der Waals surface area (Å²) in [6.07, 6.45) is 0. The number of nitro benzene ring substituents is 1. The molecule has 118 valence electrons. The summed E-state index contributed by atoms with van der Waals surface area (Å²) in [7, 11) is 0. The van der Waals surface area contributed by atoms with Gasteiger partial charge in [0.25, 0.3) is 11.6 Å². The van der Waals surface area contributed by atoms with Crippen molar-refractivity contribution in [1.29, 1.82) is 0 Å². The standard InChI is InChI=1S/C16H14ClN3O3/c1-10-3-5-12(6-4-10)11(2)18-19-16(21)13-7-8-14(17)15(9-13)20(22)23/h3-9H,1-2H3,(H,19,21). The molecule has 0 heterocycles. The quantitative estimate of drug-likeness (QED) is 0.526. The molecule has 1 N–H and O–H groups in total. The average Bonchev–Trinajstić information content (AvgIpc) is 2.53. The maximum atomic E-state index is 12.0. The number of hydrogen-bond acceptors (Lipinski definition) is 4. The highest BCUT2D eigenvalue weighted by Gasteiger charge is 2.16. The van der Waals surface area contributed by atoms with Gasteiger partial charge >= 0.3 is 0 Å². The number of hydrazone groups is 1. The predicted octanol–water partition coefficient (Wildman–Crippen LogP) is 3.71. The molecule has 0 saturated carbocycles. The van der Waals surface area contributed by atoms with Crippen LogP contribution in [0.25, 0.3) is 0 Å². The molecule has 0 aliphatic heterocycles. The number of rotatable bonds is 4.